The molecule has 1 fully saturated rings. The van der Waals surface area contributed by atoms with Gasteiger partial charge in [-0.1, -0.05) is 32.9 Å². The topological polar surface area (TPSA) is 88.2 Å². The van der Waals surface area contributed by atoms with E-state index in [1.165, 1.54) is 0 Å². The number of rotatable bonds is 7. The van der Waals surface area contributed by atoms with Crippen molar-refractivity contribution in [3.63, 3.8) is 0 Å². The molecule has 2 heterocycles. The Morgan fingerprint density at radius 3 is 2.68 bits per heavy atom. The number of nitrogens with one attached hydrogen (secondary N) is 1. The molecule has 2 N–H and O–H groups in total. The molecule has 0 aromatic carbocycles. The molecular weight excluding hydrogens is 318 g/mol. The lowest BCUT2D eigenvalue weighted by Crippen LogP contribution is -2.29. The summed E-state index contributed by atoms with van der Waals surface area (Å²) in [6, 6.07) is 1.89. The predicted octanol–water partition coefficient (Wildman–Crippen LogP) is 3.36. The first-order chi connectivity index (χ1) is 11.9. The fourth-order valence-corrected chi connectivity index (χ4v) is 2.92. The Balaban J connectivity index is 1.87. The second kappa shape index (κ2) is 7.12. The van der Waals surface area contributed by atoms with E-state index in [0.717, 1.165) is 24.2 Å². The molecule has 0 spiro atoms. The van der Waals surface area contributed by atoms with E-state index < -0.39 is 6.10 Å². The van der Waals surface area contributed by atoms with Crippen LogP contribution in [0.4, 0.5) is 0 Å². The lowest BCUT2D eigenvalue weighted by molar-refractivity contribution is 0.0921. The number of amides is 1. The molecule has 1 aliphatic carbocycles. The number of carbonyl (C=O) groups is 1. The third kappa shape index (κ3) is 3.84. The van der Waals surface area contributed by atoms with Gasteiger partial charge in [-0.2, -0.15) is 0 Å². The second-order valence-corrected chi connectivity index (χ2v) is 7.63. The summed E-state index contributed by atoms with van der Waals surface area (Å²) < 4.78 is 5.41. The molecule has 2 aromatic rings. The van der Waals surface area contributed by atoms with Crippen LogP contribution in [0.25, 0.3) is 11.1 Å². The Hall–Kier alpha value is -1.95. The largest absolute Gasteiger partial charge is 0.393 e. The van der Waals surface area contributed by atoms with Crippen LogP contribution in [0.1, 0.15) is 80.5 Å². The minimum absolute atomic E-state index is 0.143. The quantitative estimate of drug-likeness (QED) is 0.803. The van der Waals surface area contributed by atoms with E-state index in [1.807, 2.05) is 33.8 Å². The van der Waals surface area contributed by atoms with E-state index in [0.29, 0.717) is 35.5 Å². The highest BCUT2D eigenvalue weighted by molar-refractivity contribution is 6.06. The zero-order valence-corrected chi connectivity index (χ0v) is 15.4. The summed E-state index contributed by atoms with van der Waals surface area (Å²) in [7, 11) is 0. The highest BCUT2D eigenvalue weighted by atomic mass is 16.5. The van der Waals surface area contributed by atoms with Gasteiger partial charge in [0, 0.05) is 18.2 Å². The van der Waals surface area contributed by atoms with E-state index in [4.69, 9.17) is 4.52 Å². The summed E-state index contributed by atoms with van der Waals surface area (Å²) >= 11 is 0. The lowest BCUT2D eigenvalue weighted by Gasteiger charge is -2.15. The van der Waals surface area contributed by atoms with Gasteiger partial charge in [-0.15, -0.1) is 0 Å². The normalized spacial score (nSPS) is 16.0. The Morgan fingerprint density at radius 2 is 2.08 bits per heavy atom. The second-order valence-electron chi connectivity index (χ2n) is 7.63. The van der Waals surface area contributed by atoms with Gasteiger partial charge in [0.05, 0.1) is 22.7 Å². The fourth-order valence-electron chi connectivity index (χ4n) is 2.92. The number of aliphatic hydroxyl groups excluding tert-OH is 1. The van der Waals surface area contributed by atoms with Crippen LogP contribution in [0.3, 0.4) is 0 Å². The lowest BCUT2D eigenvalue weighted by atomic mass is 10.0. The maximum atomic E-state index is 12.8. The van der Waals surface area contributed by atoms with Crippen molar-refractivity contribution >= 4 is 17.0 Å². The van der Waals surface area contributed by atoms with Crippen molar-refractivity contribution in [2.45, 2.75) is 64.9 Å². The van der Waals surface area contributed by atoms with Gasteiger partial charge in [-0.25, -0.2) is 4.98 Å². The first-order valence-electron chi connectivity index (χ1n) is 9.15. The van der Waals surface area contributed by atoms with Crippen molar-refractivity contribution in [2.75, 3.05) is 6.54 Å². The minimum Gasteiger partial charge on any atom is -0.393 e. The van der Waals surface area contributed by atoms with Crippen LogP contribution >= 0.6 is 0 Å². The molecule has 25 heavy (non-hydrogen) atoms. The Kier molecular flexibility index (Phi) is 5.08. The maximum Gasteiger partial charge on any atom is 0.259 e. The third-order valence-electron chi connectivity index (χ3n) is 4.78. The van der Waals surface area contributed by atoms with Crippen LogP contribution in [0.2, 0.25) is 0 Å². The van der Waals surface area contributed by atoms with Crippen LogP contribution < -0.4 is 5.32 Å². The van der Waals surface area contributed by atoms with Gasteiger partial charge >= 0.3 is 0 Å². The Labute approximate surface area is 148 Å². The molecule has 6 heteroatoms. The van der Waals surface area contributed by atoms with Gasteiger partial charge in [0.25, 0.3) is 11.6 Å². The summed E-state index contributed by atoms with van der Waals surface area (Å²) in [6.07, 6.45) is 2.33. The molecule has 3 rings (SSSR count). The van der Waals surface area contributed by atoms with E-state index in [-0.39, 0.29) is 17.7 Å². The number of nitrogens with zero attached hydrogens (tertiary/aromatic N) is 2. The Bertz CT molecular complexity index is 763. The molecule has 0 radical (unpaired) electrons. The van der Waals surface area contributed by atoms with Crippen molar-refractivity contribution in [1.82, 2.24) is 15.5 Å². The molecule has 0 saturated heterocycles. The number of aromatic nitrogens is 2. The highest BCUT2D eigenvalue weighted by Crippen LogP contribution is 2.41. The van der Waals surface area contributed by atoms with Crippen LogP contribution in [0, 0.1) is 5.92 Å². The van der Waals surface area contributed by atoms with Gasteiger partial charge in [0.1, 0.15) is 0 Å². The summed E-state index contributed by atoms with van der Waals surface area (Å²) in [6.45, 7) is 8.41. The van der Waals surface area contributed by atoms with Crippen molar-refractivity contribution in [3.05, 3.63) is 23.0 Å². The van der Waals surface area contributed by atoms with Crippen molar-refractivity contribution < 1.29 is 14.4 Å². The standard InChI is InChI=1S/C19H27N3O3/c1-10(2)15(23)7-8-20-18(24)13-9-14(12-5-6-12)21-19-16(13)17(11(3)4)22-25-19/h9-12,15,23H,5-8H2,1-4H3,(H,20,24). The molecule has 1 amide bonds. The first-order valence-corrected chi connectivity index (χ1v) is 9.15. The number of hydrogen-bond donors (Lipinski definition) is 2. The molecule has 1 unspecified atom stereocenters. The average Bonchev–Trinajstić information content (AvgIpc) is 3.32. The molecule has 1 atom stereocenters. The smallest absolute Gasteiger partial charge is 0.259 e. The number of hydrogen-bond acceptors (Lipinski definition) is 5. The molecule has 6 nitrogen and oxygen atoms in total. The van der Waals surface area contributed by atoms with Crippen LogP contribution in [-0.2, 0) is 0 Å². The van der Waals surface area contributed by atoms with Gasteiger partial charge < -0.3 is 14.9 Å². The van der Waals surface area contributed by atoms with Crippen molar-refractivity contribution in [2.24, 2.45) is 5.92 Å². The minimum atomic E-state index is -0.415. The van der Waals surface area contributed by atoms with Gasteiger partial charge in [-0.3, -0.25) is 4.79 Å². The molecule has 2 aromatic heterocycles. The van der Waals surface area contributed by atoms with E-state index in [1.54, 1.807) is 0 Å². The summed E-state index contributed by atoms with van der Waals surface area (Å²) in [5.41, 5.74) is 2.69. The van der Waals surface area contributed by atoms with Crippen molar-refractivity contribution in [3.8, 4) is 0 Å². The summed E-state index contributed by atoms with van der Waals surface area (Å²) in [4.78, 5) is 17.4. The monoisotopic (exact) mass is 345 g/mol. The Morgan fingerprint density at radius 1 is 1.36 bits per heavy atom. The molecular formula is C19H27N3O3. The first kappa shape index (κ1) is 17.9. The third-order valence-corrected chi connectivity index (χ3v) is 4.78. The number of carbonyl (C=O) groups excluding carboxylic acids is 1. The zero-order valence-electron chi connectivity index (χ0n) is 15.4. The molecule has 1 aliphatic rings. The van der Waals surface area contributed by atoms with E-state index in [9.17, 15) is 9.90 Å². The van der Waals surface area contributed by atoms with Crippen LogP contribution in [-0.4, -0.2) is 33.8 Å². The van der Waals surface area contributed by atoms with Gasteiger partial charge in [0.2, 0.25) is 0 Å². The van der Waals surface area contributed by atoms with Crippen LogP contribution in [0.15, 0.2) is 10.6 Å². The zero-order chi connectivity index (χ0) is 18.1. The number of pyridine rings is 1. The molecule has 136 valence electrons. The van der Waals surface area contributed by atoms with Gasteiger partial charge in [-0.05, 0) is 37.2 Å². The summed E-state index contributed by atoms with van der Waals surface area (Å²) in [5.74, 6) is 0.586. The van der Waals surface area contributed by atoms with E-state index >= 15 is 0 Å². The summed E-state index contributed by atoms with van der Waals surface area (Å²) in [5, 5.41) is 17.7. The number of aliphatic hydroxyl groups is 1. The number of fused-ring (bicyclic) bond motifs is 1. The van der Waals surface area contributed by atoms with E-state index in [2.05, 4.69) is 15.5 Å². The maximum absolute atomic E-state index is 12.8. The van der Waals surface area contributed by atoms with Gasteiger partial charge in [0.15, 0.2) is 0 Å². The fraction of sp³-hybridized carbons (Fsp3) is 0.632. The molecule has 1 saturated carbocycles. The average molecular weight is 345 g/mol. The highest BCUT2D eigenvalue weighted by Gasteiger charge is 2.29. The molecule has 0 bridgehead atoms. The molecule has 0 aliphatic heterocycles. The van der Waals surface area contributed by atoms with Crippen molar-refractivity contribution in [1.29, 1.82) is 0 Å². The van der Waals surface area contributed by atoms with Crippen LogP contribution in [0.5, 0.6) is 0 Å². The SMILES string of the molecule is CC(C)c1noc2nc(C3CC3)cc(C(=O)NCCC(O)C(C)C)c12. The predicted molar refractivity (Wildman–Crippen MR) is 95.7 cm³/mol.